The Labute approximate surface area is 104 Å². The van der Waals surface area contributed by atoms with E-state index in [-0.39, 0.29) is 6.04 Å². The lowest BCUT2D eigenvalue weighted by atomic mass is 10.2. The maximum Gasteiger partial charge on any atom is 0.210 e. The SMILES string of the molecule is Cc1ccc(Br)c(NC(=NC(C)C)NN)c1. The second kappa shape index (κ2) is 5.86. The van der Waals surface area contributed by atoms with Crippen LogP contribution >= 0.6 is 15.9 Å². The number of hydrogen-bond donors (Lipinski definition) is 3. The van der Waals surface area contributed by atoms with E-state index in [1.54, 1.807) is 0 Å². The normalized spacial score (nSPS) is 11.8. The Morgan fingerprint density at radius 3 is 2.69 bits per heavy atom. The fourth-order valence-electron chi connectivity index (χ4n) is 1.23. The number of benzene rings is 1. The first-order chi connectivity index (χ1) is 7.52. The summed E-state index contributed by atoms with van der Waals surface area (Å²) < 4.78 is 0.977. The summed E-state index contributed by atoms with van der Waals surface area (Å²) in [6, 6.07) is 6.23. The van der Waals surface area contributed by atoms with E-state index < -0.39 is 0 Å². The lowest BCUT2D eigenvalue weighted by Gasteiger charge is -2.12. The molecule has 16 heavy (non-hydrogen) atoms. The zero-order valence-corrected chi connectivity index (χ0v) is 11.3. The van der Waals surface area contributed by atoms with Gasteiger partial charge in [0.2, 0.25) is 5.96 Å². The summed E-state index contributed by atoms with van der Waals surface area (Å²) >= 11 is 3.47. The van der Waals surface area contributed by atoms with Crippen molar-refractivity contribution in [2.24, 2.45) is 10.8 Å². The fourth-order valence-corrected chi connectivity index (χ4v) is 1.57. The molecule has 5 heteroatoms. The van der Waals surface area contributed by atoms with Crippen LogP contribution in [0.1, 0.15) is 19.4 Å². The minimum absolute atomic E-state index is 0.183. The fraction of sp³-hybridized carbons (Fsp3) is 0.364. The van der Waals surface area contributed by atoms with Crippen LogP contribution in [0.15, 0.2) is 27.7 Å². The highest BCUT2D eigenvalue weighted by molar-refractivity contribution is 9.10. The van der Waals surface area contributed by atoms with Crippen molar-refractivity contribution in [1.82, 2.24) is 5.43 Å². The molecule has 4 nitrogen and oxygen atoms in total. The zero-order chi connectivity index (χ0) is 12.1. The molecular weight excluding hydrogens is 268 g/mol. The van der Waals surface area contributed by atoms with Gasteiger partial charge in [-0.25, -0.2) is 10.8 Å². The molecule has 0 bridgehead atoms. The minimum Gasteiger partial charge on any atom is -0.324 e. The van der Waals surface area contributed by atoms with Gasteiger partial charge in [-0.3, -0.25) is 5.43 Å². The zero-order valence-electron chi connectivity index (χ0n) is 9.71. The van der Waals surface area contributed by atoms with Gasteiger partial charge in [0.05, 0.1) is 5.69 Å². The predicted molar refractivity (Wildman–Crippen MR) is 72.4 cm³/mol. The second-order valence-electron chi connectivity index (χ2n) is 3.82. The molecule has 0 radical (unpaired) electrons. The van der Waals surface area contributed by atoms with E-state index >= 15 is 0 Å². The Morgan fingerprint density at radius 2 is 2.12 bits per heavy atom. The Hall–Kier alpha value is -1.07. The van der Waals surface area contributed by atoms with E-state index in [1.807, 2.05) is 39.0 Å². The molecule has 0 aliphatic rings. The van der Waals surface area contributed by atoms with Crippen molar-refractivity contribution in [1.29, 1.82) is 0 Å². The molecule has 0 saturated carbocycles. The molecule has 1 aromatic rings. The number of hydrazine groups is 1. The molecule has 4 N–H and O–H groups in total. The van der Waals surface area contributed by atoms with E-state index in [0.29, 0.717) is 5.96 Å². The predicted octanol–water partition coefficient (Wildman–Crippen LogP) is 2.40. The van der Waals surface area contributed by atoms with Crippen LogP contribution in [0.2, 0.25) is 0 Å². The summed E-state index contributed by atoms with van der Waals surface area (Å²) in [5.74, 6) is 5.96. The van der Waals surface area contributed by atoms with E-state index in [9.17, 15) is 0 Å². The standard InChI is InChI=1S/C11H17BrN4/c1-7(2)14-11(16-13)15-10-6-8(3)4-5-9(10)12/h4-7H,13H2,1-3H3,(H2,14,15,16). The average molecular weight is 285 g/mol. The highest BCUT2D eigenvalue weighted by atomic mass is 79.9. The van der Waals surface area contributed by atoms with Gasteiger partial charge in [0.1, 0.15) is 0 Å². The molecular formula is C11H17BrN4. The van der Waals surface area contributed by atoms with Crippen LogP contribution in [0.5, 0.6) is 0 Å². The Morgan fingerprint density at radius 1 is 1.44 bits per heavy atom. The molecule has 0 unspecified atom stereocenters. The van der Waals surface area contributed by atoms with Crippen molar-refractivity contribution < 1.29 is 0 Å². The smallest absolute Gasteiger partial charge is 0.210 e. The molecule has 88 valence electrons. The molecule has 0 fully saturated rings. The van der Waals surface area contributed by atoms with Gasteiger partial charge in [0.25, 0.3) is 0 Å². The van der Waals surface area contributed by atoms with Gasteiger partial charge in [0.15, 0.2) is 0 Å². The number of guanidine groups is 1. The number of hydrogen-bond acceptors (Lipinski definition) is 2. The molecule has 0 spiro atoms. The molecule has 0 aliphatic heterocycles. The van der Waals surface area contributed by atoms with Crippen LogP contribution in [0.25, 0.3) is 0 Å². The number of nitrogens with two attached hydrogens (primary N) is 1. The third-order valence-corrected chi connectivity index (χ3v) is 2.59. The third-order valence-electron chi connectivity index (χ3n) is 1.90. The van der Waals surface area contributed by atoms with Crippen molar-refractivity contribution in [3.05, 3.63) is 28.2 Å². The number of nitrogens with one attached hydrogen (secondary N) is 2. The van der Waals surface area contributed by atoms with Crippen molar-refractivity contribution in [2.45, 2.75) is 26.8 Å². The third kappa shape index (κ3) is 3.83. The molecule has 0 aliphatic carbocycles. The molecule has 0 saturated heterocycles. The van der Waals surface area contributed by atoms with E-state index in [4.69, 9.17) is 5.84 Å². The number of halogens is 1. The maximum absolute atomic E-state index is 5.40. The summed E-state index contributed by atoms with van der Waals surface area (Å²) in [5, 5.41) is 3.14. The molecule has 0 atom stereocenters. The van der Waals surface area contributed by atoms with Gasteiger partial charge in [-0.1, -0.05) is 6.07 Å². The van der Waals surface area contributed by atoms with Crippen LogP contribution in [0.4, 0.5) is 5.69 Å². The Bertz CT molecular complexity index is 388. The van der Waals surface area contributed by atoms with Gasteiger partial charge >= 0.3 is 0 Å². The van der Waals surface area contributed by atoms with Crippen molar-refractivity contribution >= 4 is 27.6 Å². The summed E-state index contributed by atoms with van der Waals surface area (Å²) in [6.45, 7) is 6.02. The van der Waals surface area contributed by atoms with Crippen LogP contribution < -0.4 is 16.6 Å². The molecule has 1 rings (SSSR count). The largest absolute Gasteiger partial charge is 0.324 e. The topological polar surface area (TPSA) is 62.4 Å². The summed E-state index contributed by atoms with van der Waals surface area (Å²) in [6.07, 6.45) is 0. The van der Waals surface area contributed by atoms with Crippen LogP contribution in [-0.4, -0.2) is 12.0 Å². The van der Waals surface area contributed by atoms with Crippen molar-refractivity contribution in [3.8, 4) is 0 Å². The van der Waals surface area contributed by atoms with Crippen LogP contribution in [-0.2, 0) is 0 Å². The number of nitrogens with zero attached hydrogens (tertiary/aromatic N) is 1. The van der Waals surface area contributed by atoms with E-state index in [0.717, 1.165) is 10.2 Å². The summed E-state index contributed by atoms with van der Waals surface area (Å²) in [5.41, 5.74) is 4.66. The number of rotatable bonds is 2. The number of aryl methyl sites for hydroxylation is 1. The molecule has 0 heterocycles. The van der Waals surface area contributed by atoms with Gasteiger partial charge in [0, 0.05) is 10.5 Å². The van der Waals surface area contributed by atoms with E-state index in [1.165, 1.54) is 5.56 Å². The average Bonchev–Trinajstić information content (AvgIpc) is 2.21. The minimum atomic E-state index is 0.183. The van der Waals surface area contributed by atoms with Crippen molar-refractivity contribution in [2.75, 3.05) is 5.32 Å². The highest BCUT2D eigenvalue weighted by Gasteiger charge is 2.03. The van der Waals surface area contributed by atoms with Gasteiger partial charge in [-0.15, -0.1) is 0 Å². The van der Waals surface area contributed by atoms with Crippen LogP contribution in [0, 0.1) is 6.92 Å². The van der Waals surface area contributed by atoms with Gasteiger partial charge < -0.3 is 5.32 Å². The first kappa shape index (κ1) is 13.0. The molecule has 1 aromatic carbocycles. The Kier molecular flexibility index (Phi) is 4.76. The van der Waals surface area contributed by atoms with Gasteiger partial charge in [-0.2, -0.15) is 0 Å². The van der Waals surface area contributed by atoms with E-state index in [2.05, 4.69) is 31.7 Å². The lowest BCUT2D eigenvalue weighted by molar-refractivity contribution is 0.819. The molecule has 0 aromatic heterocycles. The van der Waals surface area contributed by atoms with Gasteiger partial charge in [-0.05, 0) is 54.4 Å². The van der Waals surface area contributed by atoms with Crippen LogP contribution in [0.3, 0.4) is 0 Å². The molecule has 0 amide bonds. The highest BCUT2D eigenvalue weighted by Crippen LogP contribution is 2.23. The Balaban J connectivity index is 2.90. The maximum atomic E-state index is 5.40. The first-order valence-electron chi connectivity index (χ1n) is 5.10. The first-order valence-corrected chi connectivity index (χ1v) is 5.90. The monoisotopic (exact) mass is 284 g/mol. The lowest BCUT2D eigenvalue weighted by Crippen LogP contribution is -2.37. The van der Waals surface area contributed by atoms with Crippen molar-refractivity contribution in [3.63, 3.8) is 0 Å². The summed E-state index contributed by atoms with van der Waals surface area (Å²) in [7, 11) is 0. The quantitative estimate of drug-likeness (QED) is 0.338. The number of anilines is 1. The second-order valence-corrected chi connectivity index (χ2v) is 4.68. The number of aliphatic imine (C=N–C) groups is 1. The summed E-state index contributed by atoms with van der Waals surface area (Å²) in [4.78, 5) is 4.31.